The zero-order chi connectivity index (χ0) is 30.2. The van der Waals surface area contributed by atoms with Gasteiger partial charge in [-0.3, -0.25) is 0 Å². The van der Waals surface area contributed by atoms with Crippen molar-refractivity contribution in [1.82, 2.24) is 19.1 Å². The maximum atomic E-state index is 13.3. The summed E-state index contributed by atoms with van der Waals surface area (Å²) < 4.78 is 15.1. The normalized spacial score (nSPS) is 37.5. The zero-order valence-electron chi connectivity index (χ0n) is 26.1. The second-order valence-corrected chi connectivity index (χ2v) is 14.5. The third-order valence-corrected chi connectivity index (χ3v) is 12.4. The molecule has 0 radical (unpaired) electrons. The number of fused-ring (bicyclic) bond motifs is 5. The first-order valence-corrected chi connectivity index (χ1v) is 16.8. The number of aliphatic hydroxyl groups excluding tert-OH is 1. The fourth-order valence-corrected chi connectivity index (χ4v) is 10.3. The van der Waals surface area contributed by atoms with Crippen LogP contribution in [0.1, 0.15) is 104 Å². The van der Waals surface area contributed by atoms with Crippen molar-refractivity contribution in [2.75, 3.05) is 0 Å². The number of aliphatic hydroxyl groups is 1. The summed E-state index contributed by atoms with van der Waals surface area (Å²) in [5.41, 5.74) is 0.101. The summed E-state index contributed by atoms with van der Waals surface area (Å²) >= 11 is 0. The average Bonchev–Trinajstić information content (AvgIpc) is 3.77. The van der Waals surface area contributed by atoms with E-state index in [1.807, 2.05) is 0 Å². The van der Waals surface area contributed by atoms with Crippen LogP contribution < -0.4 is 0 Å². The standard InChI is InChI=1S/C34H50N4O5/c1-4-5-6-7-8-29(39)27-10-9-25-24-20-30(43-32(41)38-18-16-36-22-38)28-19-23(42-31(40)37-17-15-35-21-37)11-13-34(28,3)26(24)12-14-33(25,27)2/h15-18,21-30,39H,4-14,19-20H2,1-3H3/t23?,24?,25?,26-,27?,28?,29?,30-,33?,34?/m0/s1. The SMILES string of the molecule is CCCCCCC(O)C1CCC2C3C[C@H](OC(=O)n4ccnc4)C4CC(OC(=O)n5ccnc5)CCC4(C)[C@H]3CCC12C. The topological polar surface area (TPSA) is 108 Å². The predicted octanol–water partition coefficient (Wildman–Crippen LogP) is 7.09. The highest BCUT2D eigenvalue weighted by atomic mass is 16.6. The Hall–Kier alpha value is -2.68. The number of unbranched alkanes of at least 4 members (excludes halogenated alkanes) is 3. The maximum Gasteiger partial charge on any atom is 0.419 e. The molecule has 0 amide bonds. The van der Waals surface area contributed by atoms with Crippen LogP contribution in [0.2, 0.25) is 0 Å². The molecule has 0 aliphatic heterocycles. The Balaban J connectivity index is 1.22. The molecular formula is C34H50N4O5. The first kappa shape index (κ1) is 30.4. The van der Waals surface area contributed by atoms with Gasteiger partial charge in [0.05, 0.1) is 6.10 Å². The molecule has 4 fully saturated rings. The summed E-state index contributed by atoms with van der Waals surface area (Å²) in [6.07, 6.45) is 21.3. The lowest BCUT2D eigenvalue weighted by atomic mass is 9.44. The van der Waals surface area contributed by atoms with Crippen LogP contribution in [0.15, 0.2) is 37.4 Å². The van der Waals surface area contributed by atoms with E-state index in [0.717, 1.165) is 57.8 Å². The molecule has 236 valence electrons. The summed E-state index contributed by atoms with van der Waals surface area (Å²) in [5, 5.41) is 11.4. The van der Waals surface area contributed by atoms with Gasteiger partial charge in [0, 0.05) is 30.7 Å². The summed E-state index contributed by atoms with van der Waals surface area (Å²) in [6.45, 7) is 7.10. The van der Waals surface area contributed by atoms with Crippen molar-refractivity contribution in [3.05, 3.63) is 37.4 Å². The molecule has 4 aliphatic carbocycles. The molecule has 43 heavy (non-hydrogen) atoms. The van der Waals surface area contributed by atoms with Crippen molar-refractivity contribution in [2.24, 2.45) is 40.4 Å². The molecule has 2 aromatic rings. The van der Waals surface area contributed by atoms with Crippen molar-refractivity contribution in [2.45, 2.75) is 123 Å². The summed E-state index contributed by atoms with van der Waals surface area (Å²) in [4.78, 5) is 34.1. The lowest BCUT2D eigenvalue weighted by Gasteiger charge is -2.62. The van der Waals surface area contributed by atoms with Gasteiger partial charge in [0.2, 0.25) is 0 Å². The number of nitrogens with zero attached hydrogens (tertiary/aromatic N) is 4. The molecule has 9 nitrogen and oxygen atoms in total. The van der Waals surface area contributed by atoms with Gasteiger partial charge < -0.3 is 14.6 Å². The molecule has 9 heteroatoms. The van der Waals surface area contributed by atoms with Crippen LogP contribution in [0.3, 0.4) is 0 Å². The molecule has 0 aromatic carbocycles. The maximum absolute atomic E-state index is 13.3. The minimum absolute atomic E-state index is 0.0150. The number of carbonyl (C=O) groups is 2. The first-order valence-electron chi connectivity index (χ1n) is 16.8. The van der Waals surface area contributed by atoms with Crippen LogP contribution >= 0.6 is 0 Å². The predicted molar refractivity (Wildman–Crippen MR) is 161 cm³/mol. The van der Waals surface area contributed by atoms with Gasteiger partial charge in [0.1, 0.15) is 24.9 Å². The Bertz CT molecular complexity index is 1230. The number of hydrogen-bond donors (Lipinski definition) is 1. The molecule has 4 saturated carbocycles. The monoisotopic (exact) mass is 594 g/mol. The lowest BCUT2D eigenvalue weighted by molar-refractivity contribution is -0.174. The number of rotatable bonds is 8. The highest BCUT2D eigenvalue weighted by Gasteiger charge is 2.63. The summed E-state index contributed by atoms with van der Waals surface area (Å²) in [6, 6.07) is 0. The number of ether oxygens (including phenoxy) is 2. The lowest BCUT2D eigenvalue weighted by Crippen LogP contribution is -2.59. The van der Waals surface area contributed by atoms with Crippen molar-refractivity contribution in [1.29, 1.82) is 0 Å². The Kier molecular flexibility index (Phi) is 8.73. The van der Waals surface area contributed by atoms with Gasteiger partial charge in [-0.05, 0) is 92.3 Å². The van der Waals surface area contributed by atoms with E-state index < -0.39 is 12.2 Å². The zero-order valence-corrected chi connectivity index (χ0v) is 26.1. The van der Waals surface area contributed by atoms with Crippen molar-refractivity contribution >= 4 is 12.2 Å². The molecule has 0 spiro atoms. The molecule has 6 rings (SSSR count). The molecule has 1 N–H and O–H groups in total. The second kappa shape index (κ2) is 12.4. The molecule has 0 saturated heterocycles. The Morgan fingerprint density at radius 1 is 0.860 bits per heavy atom. The summed E-state index contributed by atoms with van der Waals surface area (Å²) in [7, 11) is 0. The van der Waals surface area contributed by atoms with Gasteiger partial charge in [-0.25, -0.2) is 28.7 Å². The van der Waals surface area contributed by atoms with Crippen LogP contribution in [0.25, 0.3) is 0 Å². The molecule has 2 heterocycles. The van der Waals surface area contributed by atoms with Crippen molar-refractivity contribution in [3.8, 4) is 0 Å². The third-order valence-electron chi connectivity index (χ3n) is 12.4. The van der Waals surface area contributed by atoms with Gasteiger partial charge in [-0.1, -0.05) is 46.5 Å². The smallest absolute Gasteiger partial charge is 0.419 e. The minimum atomic E-state index is -0.412. The van der Waals surface area contributed by atoms with E-state index in [2.05, 4.69) is 30.7 Å². The number of carbonyl (C=O) groups excluding carboxylic acids is 2. The molecule has 2 aromatic heterocycles. The largest absolute Gasteiger partial charge is 0.446 e. The van der Waals surface area contributed by atoms with E-state index in [9.17, 15) is 14.7 Å². The Labute approximate surface area is 255 Å². The van der Waals surface area contributed by atoms with Gasteiger partial charge in [-0.15, -0.1) is 0 Å². The van der Waals surface area contributed by atoms with Crippen LogP contribution in [0.4, 0.5) is 9.59 Å². The van der Waals surface area contributed by atoms with E-state index in [1.165, 1.54) is 41.1 Å². The number of aromatic nitrogens is 4. The molecule has 0 bridgehead atoms. The highest BCUT2D eigenvalue weighted by Crippen LogP contribution is 2.68. The fraction of sp³-hybridized carbons (Fsp3) is 0.765. The highest BCUT2D eigenvalue weighted by molar-refractivity contribution is 5.70. The number of hydrogen-bond acceptors (Lipinski definition) is 7. The van der Waals surface area contributed by atoms with E-state index >= 15 is 0 Å². The molecular weight excluding hydrogens is 544 g/mol. The molecule has 4 aliphatic rings. The molecule has 8 unspecified atom stereocenters. The second-order valence-electron chi connectivity index (χ2n) is 14.5. The van der Waals surface area contributed by atoms with E-state index in [1.54, 1.807) is 24.8 Å². The van der Waals surface area contributed by atoms with E-state index in [0.29, 0.717) is 30.1 Å². The Morgan fingerprint density at radius 2 is 1.53 bits per heavy atom. The van der Waals surface area contributed by atoms with E-state index in [4.69, 9.17) is 9.47 Å². The average molecular weight is 595 g/mol. The van der Waals surface area contributed by atoms with Crippen LogP contribution in [0, 0.1) is 40.4 Å². The van der Waals surface area contributed by atoms with Crippen LogP contribution in [-0.2, 0) is 9.47 Å². The first-order chi connectivity index (χ1) is 20.7. The summed E-state index contributed by atoms with van der Waals surface area (Å²) in [5.74, 6) is 1.94. The quantitative estimate of drug-likeness (QED) is 0.325. The van der Waals surface area contributed by atoms with Crippen molar-refractivity contribution < 1.29 is 24.2 Å². The van der Waals surface area contributed by atoms with Gasteiger partial charge in [0.15, 0.2) is 0 Å². The third kappa shape index (κ3) is 5.67. The fourth-order valence-electron chi connectivity index (χ4n) is 10.3. The number of imidazole rings is 2. The molecule has 10 atom stereocenters. The van der Waals surface area contributed by atoms with Gasteiger partial charge >= 0.3 is 12.2 Å². The minimum Gasteiger partial charge on any atom is -0.446 e. The van der Waals surface area contributed by atoms with E-state index in [-0.39, 0.29) is 35.1 Å². The van der Waals surface area contributed by atoms with Crippen LogP contribution in [0.5, 0.6) is 0 Å². The van der Waals surface area contributed by atoms with Gasteiger partial charge in [0.25, 0.3) is 0 Å². The van der Waals surface area contributed by atoms with Crippen molar-refractivity contribution in [3.63, 3.8) is 0 Å². The Morgan fingerprint density at radius 3 is 2.21 bits per heavy atom. The van der Waals surface area contributed by atoms with Gasteiger partial charge in [-0.2, -0.15) is 0 Å². The van der Waals surface area contributed by atoms with Crippen LogP contribution in [-0.4, -0.2) is 54.7 Å².